The van der Waals surface area contributed by atoms with E-state index in [-0.39, 0.29) is 23.3 Å². The molecule has 3 N–H and O–H groups in total. The lowest BCUT2D eigenvalue weighted by molar-refractivity contribution is 0.0805. The molecule has 10 nitrogen and oxygen atoms in total. The van der Waals surface area contributed by atoms with Gasteiger partial charge in [-0.15, -0.1) is 0 Å². The number of aryl methyl sites for hydroxylation is 1. The van der Waals surface area contributed by atoms with Gasteiger partial charge < -0.3 is 10.3 Å². The second-order valence-corrected chi connectivity index (χ2v) is 10.2. The van der Waals surface area contributed by atoms with Crippen LogP contribution in [0.2, 0.25) is 0 Å². The van der Waals surface area contributed by atoms with Crippen LogP contribution in [0.5, 0.6) is 0 Å². The van der Waals surface area contributed by atoms with Crippen LogP contribution in [0.3, 0.4) is 0 Å². The molecule has 4 atom stereocenters. The standard InChI is InChI=1S/C28H26F2N6O4/c29-18-10-3-9-17(22(18)30)25-24(34-40)21(35-19-11-5-13-32-26(19)33-27(35)37)14-20(36(25)28(38)39)16-8-2-1-6-15-7-4-12-31-23(15)16/h3-5,7,9-13,16,20-21,25,40H,1-2,6,8,14H2,(H,38,39)(H,32,33,37)/t16?,20?,21?,25-/m0/s1. The Hall–Kier alpha value is -4.61. The summed E-state index contributed by atoms with van der Waals surface area (Å²) in [6, 6.07) is 7.22. The van der Waals surface area contributed by atoms with Gasteiger partial charge in [-0.2, -0.15) is 0 Å². The van der Waals surface area contributed by atoms with Crippen molar-refractivity contribution in [3.05, 3.63) is 93.8 Å². The Bertz CT molecular complexity index is 1680. The number of rotatable bonds is 3. The molecule has 40 heavy (non-hydrogen) atoms. The highest BCUT2D eigenvalue weighted by atomic mass is 19.2. The Kier molecular flexibility index (Phi) is 6.53. The number of pyridine rings is 2. The maximum atomic E-state index is 15.4. The number of nitrogens with one attached hydrogen (secondary N) is 1. The van der Waals surface area contributed by atoms with Crippen molar-refractivity contribution >= 4 is 23.0 Å². The molecule has 1 aliphatic heterocycles. The van der Waals surface area contributed by atoms with E-state index in [4.69, 9.17) is 0 Å². The van der Waals surface area contributed by atoms with Crippen LogP contribution in [-0.2, 0) is 6.42 Å². The molecular weight excluding hydrogens is 522 g/mol. The predicted molar refractivity (Wildman–Crippen MR) is 141 cm³/mol. The number of piperidine rings is 1. The summed E-state index contributed by atoms with van der Waals surface area (Å²) in [5, 5.41) is 24.3. The Labute approximate surface area is 226 Å². The van der Waals surface area contributed by atoms with Crippen LogP contribution >= 0.6 is 0 Å². The minimum Gasteiger partial charge on any atom is -0.465 e. The molecular formula is C28H26F2N6O4. The van der Waals surface area contributed by atoms with Crippen molar-refractivity contribution in [3.8, 4) is 0 Å². The summed E-state index contributed by atoms with van der Waals surface area (Å²) < 4.78 is 31.2. The zero-order valence-corrected chi connectivity index (χ0v) is 21.2. The van der Waals surface area contributed by atoms with E-state index in [1.54, 1.807) is 18.3 Å². The highest BCUT2D eigenvalue weighted by molar-refractivity contribution is 5.97. The van der Waals surface area contributed by atoms with Gasteiger partial charge in [-0.3, -0.25) is 19.4 Å². The fourth-order valence-corrected chi connectivity index (χ4v) is 6.44. The normalized spacial score (nSPS) is 24.1. The predicted octanol–water partition coefficient (Wildman–Crippen LogP) is 4.77. The quantitative estimate of drug-likeness (QED) is 0.192. The molecule has 206 valence electrons. The van der Waals surface area contributed by atoms with Crippen LogP contribution in [0.1, 0.15) is 60.5 Å². The van der Waals surface area contributed by atoms with Crippen molar-refractivity contribution < 1.29 is 23.9 Å². The molecule has 0 saturated carbocycles. The first-order chi connectivity index (χ1) is 19.4. The molecule has 1 aromatic carbocycles. The first-order valence-corrected chi connectivity index (χ1v) is 13.1. The minimum atomic E-state index is -1.52. The second kappa shape index (κ2) is 10.2. The Morgan fingerprint density at radius 1 is 1.07 bits per heavy atom. The number of likely N-dealkylation sites (tertiary alicyclic amines) is 1. The number of carbonyl (C=O) groups is 1. The van der Waals surface area contributed by atoms with E-state index in [0.717, 1.165) is 41.5 Å². The van der Waals surface area contributed by atoms with Gasteiger partial charge in [-0.25, -0.2) is 23.4 Å². The number of nitrogens with zero attached hydrogens (tertiary/aromatic N) is 5. The topological polar surface area (TPSA) is 137 Å². The Morgan fingerprint density at radius 2 is 1.88 bits per heavy atom. The molecule has 4 heterocycles. The van der Waals surface area contributed by atoms with Gasteiger partial charge in [0, 0.05) is 35.6 Å². The van der Waals surface area contributed by atoms with E-state index in [1.165, 1.54) is 22.9 Å². The van der Waals surface area contributed by atoms with E-state index in [1.807, 2.05) is 12.1 Å². The number of fused-ring (bicyclic) bond motifs is 2. The van der Waals surface area contributed by atoms with Crippen LogP contribution in [-0.4, -0.2) is 52.6 Å². The molecule has 1 saturated heterocycles. The molecule has 0 bridgehead atoms. The van der Waals surface area contributed by atoms with Gasteiger partial charge in [-0.05, 0) is 55.5 Å². The lowest BCUT2D eigenvalue weighted by Crippen LogP contribution is -2.55. The van der Waals surface area contributed by atoms with Gasteiger partial charge in [0.25, 0.3) is 0 Å². The van der Waals surface area contributed by atoms with Gasteiger partial charge in [0.2, 0.25) is 0 Å². The summed E-state index contributed by atoms with van der Waals surface area (Å²) in [6.45, 7) is 0. The van der Waals surface area contributed by atoms with Crippen molar-refractivity contribution in [1.82, 2.24) is 24.4 Å². The van der Waals surface area contributed by atoms with Crippen LogP contribution < -0.4 is 5.69 Å². The summed E-state index contributed by atoms with van der Waals surface area (Å²) >= 11 is 0. The van der Waals surface area contributed by atoms with Crippen molar-refractivity contribution in [1.29, 1.82) is 0 Å². The van der Waals surface area contributed by atoms with E-state index >= 15 is 4.39 Å². The zero-order chi connectivity index (χ0) is 28.0. The third-order valence-electron chi connectivity index (χ3n) is 8.09. The number of hydrogen-bond donors (Lipinski definition) is 3. The number of aromatic nitrogens is 4. The van der Waals surface area contributed by atoms with Gasteiger partial charge in [0.15, 0.2) is 17.3 Å². The third-order valence-corrected chi connectivity index (χ3v) is 8.09. The van der Waals surface area contributed by atoms with Crippen LogP contribution in [0.25, 0.3) is 11.2 Å². The molecule has 1 aliphatic carbocycles. The van der Waals surface area contributed by atoms with Crippen LogP contribution in [0.15, 0.2) is 64.8 Å². The summed E-state index contributed by atoms with van der Waals surface area (Å²) in [7, 11) is 0. The van der Waals surface area contributed by atoms with E-state index in [2.05, 4.69) is 20.1 Å². The number of carboxylic acid groups (broad SMARTS) is 1. The summed E-state index contributed by atoms with van der Waals surface area (Å²) in [5.41, 5.74) is 1.35. The summed E-state index contributed by atoms with van der Waals surface area (Å²) in [5.74, 6) is -2.84. The maximum Gasteiger partial charge on any atom is 0.408 e. The minimum absolute atomic E-state index is 0.0293. The van der Waals surface area contributed by atoms with Gasteiger partial charge >= 0.3 is 11.8 Å². The highest BCUT2D eigenvalue weighted by Crippen LogP contribution is 2.46. The number of amides is 1. The SMILES string of the molecule is O=C(O)N1C(C2CCCCc3cccnc32)CC(n2c(=O)[nH]c3ncccc32)C(=NO)[C@@H]1c1cccc(F)c1F. The fourth-order valence-electron chi connectivity index (χ4n) is 6.44. The maximum absolute atomic E-state index is 15.4. The third kappa shape index (κ3) is 4.10. The number of halogens is 2. The van der Waals surface area contributed by atoms with Crippen molar-refractivity contribution in [2.45, 2.75) is 56.1 Å². The molecule has 1 amide bonds. The zero-order valence-electron chi connectivity index (χ0n) is 21.2. The fraction of sp³-hybridized carbons (Fsp3) is 0.321. The average Bonchev–Trinajstić information content (AvgIpc) is 3.14. The molecule has 1 fully saturated rings. The average molecular weight is 549 g/mol. The number of oxime groups is 1. The molecule has 3 unspecified atom stereocenters. The molecule has 2 aliphatic rings. The first-order valence-electron chi connectivity index (χ1n) is 13.1. The molecule has 3 aromatic heterocycles. The van der Waals surface area contributed by atoms with Crippen molar-refractivity contribution in [2.75, 3.05) is 0 Å². The number of H-pyrrole nitrogens is 1. The van der Waals surface area contributed by atoms with Gasteiger partial charge in [-0.1, -0.05) is 29.8 Å². The van der Waals surface area contributed by atoms with Gasteiger partial charge in [0.1, 0.15) is 11.8 Å². The number of imidazole rings is 1. The molecule has 6 rings (SSSR count). The van der Waals surface area contributed by atoms with E-state index in [0.29, 0.717) is 11.9 Å². The van der Waals surface area contributed by atoms with Crippen molar-refractivity contribution in [3.63, 3.8) is 0 Å². The van der Waals surface area contributed by atoms with E-state index in [9.17, 15) is 24.3 Å². The lowest BCUT2D eigenvalue weighted by atomic mass is 9.77. The summed E-state index contributed by atoms with van der Waals surface area (Å²) in [4.78, 5) is 38.8. The monoisotopic (exact) mass is 548 g/mol. The van der Waals surface area contributed by atoms with Crippen LogP contribution in [0.4, 0.5) is 13.6 Å². The molecule has 0 radical (unpaired) electrons. The van der Waals surface area contributed by atoms with Gasteiger partial charge in [0.05, 0.1) is 11.6 Å². The smallest absolute Gasteiger partial charge is 0.408 e. The molecule has 12 heteroatoms. The van der Waals surface area contributed by atoms with Crippen LogP contribution in [0, 0.1) is 11.6 Å². The number of hydrogen-bond acceptors (Lipinski definition) is 6. The first kappa shape index (κ1) is 25.7. The largest absolute Gasteiger partial charge is 0.465 e. The number of benzene rings is 1. The molecule has 4 aromatic rings. The van der Waals surface area contributed by atoms with Crippen molar-refractivity contribution in [2.24, 2.45) is 5.16 Å². The lowest BCUT2D eigenvalue weighted by Gasteiger charge is -2.47. The number of aromatic amines is 1. The highest BCUT2D eigenvalue weighted by Gasteiger charge is 2.50. The second-order valence-electron chi connectivity index (χ2n) is 10.2. The van der Waals surface area contributed by atoms with E-state index < -0.39 is 47.5 Å². The summed E-state index contributed by atoms with van der Waals surface area (Å²) in [6.07, 6.45) is 4.86. The Balaban J connectivity index is 1.61. The Morgan fingerprint density at radius 3 is 2.67 bits per heavy atom. The molecule has 0 spiro atoms.